The van der Waals surface area contributed by atoms with Gasteiger partial charge in [0.05, 0.1) is 13.7 Å². The van der Waals surface area contributed by atoms with Crippen LogP contribution in [-0.2, 0) is 14.4 Å². The smallest absolute Gasteiger partial charge is 0.305 e. The van der Waals surface area contributed by atoms with Gasteiger partial charge in [0.15, 0.2) is 0 Å². The zero-order chi connectivity index (χ0) is 15.6. The maximum absolute atomic E-state index is 10.9. The standard InChI is InChI=1S/C17H33NO3/c1-3-16-21-18-15-13-11-9-7-5-4-6-8-10-12-14-17(19)20-2/h3,18H,1,4-16H2,2H3. The summed E-state index contributed by atoms with van der Waals surface area (Å²) in [6.07, 6.45) is 14.7. The first-order chi connectivity index (χ1) is 10.3. The Kier molecular flexibility index (Phi) is 16.5. The summed E-state index contributed by atoms with van der Waals surface area (Å²) < 4.78 is 4.61. The maximum Gasteiger partial charge on any atom is 0.305 e. The van der Waals surface area contributed by atoms with Gasteiger partial charge in [0.1, 0.15) is 0 Å². The van der Waals surface area contributed by atoms with Crippen molar-refractivity contribution in [1.29, 1.82) is 0 Å². The number of ether oxygens (including phenoxy) is 1. The minimum atomic E-state index is -0.0839. The summed E-state index contributed by atoms with van der Waals surface area (Å²) in [5, 5.41) is 0. The van der Waals surface area contributed by atoms with Crippen LogP contribution in [0.1, 0.15) is 70.6 Å². The molecule has 0 aromatic heterocycles. The zero-order valence-corrected chi connectivity index (χ0v) is 13.7. The summed E-state index contributed by atoms with van der Waals surface area (Å²) >= 11 is 0. The summed E-state index contributed by atoms with van der Waals surface area (Å²) in [6, 6.07) is 0. The lowest BCUT2D eigenvalue weighted by Crippen LogP contribution is -2.15. The fraction of sp³-hybridized carbons (Fsp3) is 0.824. The number of rotatable bonds is 16. The van der Waals surface area contributed by atoms with Crippen LogP contribution >= 0.6 is 0 Å². The Labute approximate surface area is 130 Å². The minimum absolute atomic E-state index is 0.0839. The fourth-order valence-corrected chi connectivity index (χ4v) is 2.17. The van der Waals surface area contributed by atoms with Gasteiger partial charge in [-0.2, -0.15) is 0 Å². The molecule has 0 bridgehead atoms. The number of methoxy groups -OCH3 is 1. The van der Waals surface area contributed by atoms with E-state index in [0.29, 0.717) is 13.0 Å². The van der Waals surface area contributed by atoms with Crippen molar-refractivity contribution in [2.45, 2.75) is 70.6 Å². The van der Waals surface area contributed by atoms with Gasteiger partial charge in [-0.1, -0.05) is 57.4 Å². The van der Waals surface area contributed by atoms with Crippen molar-refractivity contribution in [3.8, 4) is 0 Å². The SMILES string of the molecule is C=CCONCCCCCCCCCCCCC(=O)OC. The molecule has 0 aliphatic carbocycles. The molecule has 0 spiro atoms. The van der Waals surface area contributed by atoms with Crippen LogP contribution in [0.4, 0.5) is 0 Å². The van der Waals surface area contributed by atoms with Gasteiger partial charge in [-0.05, 0) is 12.8 Å². The summed E-state index contributed by atoms with van der Waals surface area (Å²) in [5.41, 5.74) is 2.93. The first-order valence-corrected chi connectivity index (χ1v) is 8.33. The molecule has 1 N–H and O–H groups in total. The van der Waals surface area contributed by atoms with Crippen molar-refractivity contribution in [2.24, 2.45) is 0 Å². The lowest BCUT2D eigenvalue weighted by Gasteiger charge is -2.04. The molecule has 0 unspecified atom stereocenters. The monoisotopic (exact) mass is 299 g/mol. The average Bonchev–Trinajstić information content (AvgIpc) is 2.50. The fourth-order valence-electron chi connectivity index (χ4n) is 2.17. The molecule has 4 nitrogen and oxygen atoms in total. The molecule has 0 saturated heterocycles. The minimum Gasteiger partial charge on any atom is -0.469 e. The largest absolute Gasteiger partial charge is 0.469 e. The van der Waals surface area contributed by atoms with E-state index in [1.54, 1.807) is 6.08 Å². The molecular weight excluding hydrogens is 266 g/mol. The Hall–Kier alpha value is -0.870. The Morgan fingerprint density at radius 2 is 1.48 bits per heavy atom. The van der Waals surface area contributed by atoms with Crippen LogP contribution in [0, 0.1) is 0 Å². The van der Waals surface area contributed by atoms with E-state index in [1.807, 2.05) is 0 Å². The van der Waals surface area contributed by atoms with Crippen molar-refractivity contribution < 1.29 is 14.4 Å². The lowest BCUT2D eigenvalue weighted by atomic mass is 10.1. The molecule has 0 aliphatic heterocycles. The van der Waals surface area contributed by atoms with E-state index in [-0.39, 0.29) is 5.97 Å². The van der Waals surface area contributed by atoms with E-state index in [0.717, 1.165) is 19.4 Å². The van der Waals surface area contributed by atoms with Crippen LogP contribution in [0.5, 0.6) is 0 Å². The summed E-state index contributed by atoms with van der Waals surface area (Å²) in [4.78, 5) is 16.0. The Morgan fingerprint density at radius 3 is 2.00 bits per heavy atom. The predicted octanol–water partition coefficient (Wildman–Crippen LogP) is 4.16. The molecule has 0 aliphatic rings. The highest BCUT2D eigenvalue weighted by molar-refractivity contribution is 5.68. The molecule has 0 fully saturated rings. The van der Waals surface area contributed by atoms with Gasteiger partial charge in [-0.15, -0.1) is 6.58 Å². The van der Waals surface area contributed by atoms with E-state index in [9.17, 15) is 4.79 Å². The van der Waals surface area contributed by atoms with Crippen molar-refractivity contribution in [3.63, 3.8) is 0 Å². The van der Waals surface area contributed by atoms with Gasteiger partial charge in [0, 0.05) is 13.0 Å². The molecule has 0 rings (SSSR count). The number of carbonyl (C=O) groups excluding carboxylic acids is 1. The van der Waals surface area contributed by atoms with Gasteiger partial charge >= 0.3 is 5.97 Å². The predicted molar refractivity (Wildman–Crippen MR) is 87.0 cm³/mol. The number of carbonyl (C=O) groups is 1. The zero-order valence-electron chi connectivity index (χ0n) is 13.7. The van der Waals surface area contributed by atoms with Crippen LogP contribution in [0.25, 0.3) is 0 Å². The highest BCUT2D eigenvalue weighted by Gasteiger charge is 1.99. The van der Waals surface area contributed by atoms with Gasteiger partial charge < -0.3 is 4.74 Å². The summed E-state index contributed by atoms with van der Waals surface area (Å²) in [7, 11) is 1.45. The molecule has 0 saturated carbocycles. The average molecular weight is 299 g/mol. The Balaban J connectivity index is 2.99. The van der Waals surface area contributed by atoms with E-state index in [2.05, 4.69) is 16.8 Å². The van der Waals surface area contributed by atoms with E-state index >= 15 is 0 Å². The van der Waals surface area contributed by atoms with Gasteiger partial charge in [0.2, 0.25) is 0 Å². The van der Waals surface area contributed by atoms with Crippen LogP contribution < -0.4 is 5.48 Å². The molecule has 0 heterocycles. The van der Waals surface area contributed by atoms with Crippen molar-refractivity contribution in [2.75, 3.05) is 20.3 Å². The third-order valence-corrected chi connectivity index (χ3v) is 3.44. The molecule has 4 heteroatoms. The molecular formula is C17H33NO3. The first-order valence-electron chi connectivity index (χ1n) is 8.33. The molecule has 0 aromatic rings. The van der Waals surface area contributed by atoms with Crippen molar-refractivity contribution >= 4 is 5.97 Å². The first kappa shape index (κ1) is 20.1. The second-order valence-electron chi connectivity index (χ2n) is 5.36. The second-order valence-corrected chi connectivity index (χ2v) is 5.36. The van der Waals surface area contributed by atoms with E-state index < -0.39 is 0 Å². The van der Waals surface area contributed by atoms with Crippen LogP contribution in [0.2, 0.25) is 0 Å². The molecule has 0 atom stereocenters. The number of hydrogen-bond acceptors (Lipinski definition) is 4. The highest BCUT2D eigenvalue weighted by Crippen LogP contribution is 2.11. The summed E-state index contributed by atoms with van der Waals surface area (Å²) in [5.74, 6) is -0.0839. The number of hydrogen-bond donors (Lipinski definition) is 1. The molecule has 0 aromatic carbocycles. The van der Waals surface area contributed by atoms with Gasteiger partial charge in [-0.3, -0.25) is 9.63 Å². The molecule has 21 heavy (non-hydrogen) atoms. The number of unbranched alkanes of at least 4 members (excludes halogenated alkanes) is 9. The van der Waals surface area contributed by atoms with Crippen molar-refractivity contribution in [1.82, 2.24) is 5.48 Å². The summed E-state index contributed by atoms with van der Waals surface area (Å²) in [6.45, 7) is 5.08. The van der Waals surface area contributed by atoms with Crippen LogP contribution in [-0.4, -0.2) is 26.2 Å². The van der Waals surface area contributed by atoms with E-state index in [4.69, 9.17) is 4.84 Å². The quantitative estimate of drug-likeness (QED) is 0.201. The van der Waals surface area contributed by atoms with Gasteiger partial charge in [-0.25, -0.2) is 5.48 Å². The van der Waals surface area contributed by atoms with Crippen LogP contribution in [0.15, 0.2) is 12.7 Å². The van der Waals surface area contributed by atoms with Crippen LogP contribution in [0.3, 0.4) is 0 Å². The highest BCUT2D eigenvalue weighted by atomic mass is 16.6. The number of hydroxylamine groups is 1. The number of esters is 1. The number of nitrogens with one attached hydrogen (secondary N) is 1. The lowest BCUT2D eigenvalue weighted by molar-refractivity contribution is -0.140. The molecule has 0 amide bonds. The Bertz CT molecular complexity index is 244. The van der Waals surface area contributed by atoms with Gasteiger partial charge in [0.25, 0.3) is 0 Å². The van der Waals surface area contributed by atoms with E-state index in [1.165, 1.54) is 58.5 Å². The van der Waals surface area contributed by atoms with Crippen molar-refractivity contribution in [3.05, 3.63) is 12.7 Å². The molecule has 124 valence electrons. The third-order valence-electron chi connectivity index (χ3n) is 3.44. The topological polar surface area (TPSA) is 47.6 Å². The maximum atomic E-state index is 10.9. The normalized spacial score (nSPS) is 10.5. The molecule has 0 radical (unpaired) electrons. The third kappa shape index (κ3) is 17.1. The second kappa shape index (κ2) is 17.2. The Morgan fingerprint density at radius 1 is 0.952 bits per heavy atom.